The average Bonchev–Trinajstić information content (AvgIpc) is 3.29. The molecule has 12 aromatic rings. The van der Waals surface area contributed by atoms with Crippen LogP contribution in [0.5, 0.6) is 0 Å². The number of para-hydroxylation sites is 1. The monoisotopic (exact) mass is 733 g/mol. The number of pyridine rings is 1. The lowest BCUT2D eigenvalue weighted by atomic mass is 9.84. The molecule has 1 nitrogen and oxygen atoms in total. The summed E-state index contributed by atoms with van der Waals surface area (Å²) in [6.45, 7) is 0. The van der Waals surface area contributed by atoms with Crippen molar-refractivity contribution in [1.82, 2.24) is 4.98 Å². The van der Waals surface area contributed by atoms with Gasteiger partial charge in [-0.3, -0.25) is 0 Å². The first-order valence-corrected chi connectivity index (χ1v) is 20.0. The number of aromatic nitrogens is 1. The zero-order valence-electron chi connectivity index (χ0n) is 31.7. The van der Waals surface area contributed by atoms with Gasteiger partial charge in [-0.05, 0) is 129 Å². The zero-order chi connectivity index (χ0) is 38.2. The van der Waals surface area contributed by atoms with Crippen molar-refractivity contribution in [3.8, 4) is 44.5 Å². The Hall–Kier alpha value is -7.61. The summed E-state index contributed by atoms with van der Waals surface area (Å²) in [6.07, 6.45) is 0. The summed E-state index contributed by atoms with van der Waals surface area (Å²) >= 11 is 0. The molecule has 0 aliphatic carbocycles. The molecule has 0 fully saturated rings. The second-order valence-electron chi connectivity index (χ2n) is 15.5. The Labute approximate surface area is 336 Å². The Morgan fingerprint density at radius 3 is 1.40 bits per heavy atom. The molecule has 0 radical (unpaired) electrons. The van der Waals surface area contributed by atoms with Gasteiger partial charge >= 0.3 is 0 Å². The standard InChI is InChI=1S/C57H35N/c1-3-13-40-31-44(27-23-36(40)11-1)55-48-17-7-8-18-49(48)56(45-28-24-37-12-2-4-14-41(37)32-45)53-34-42(29-30-50(53)55)38-21-25-39(26-22-38)52-35-46-33-43-15-5-10-20-54(43)58-57(46)51-19-9-6-16-47(51)52/h1-35H. The molecule has 0 saturated carbocycles. The lowest BCUT2D eigenvalue weighted by molar-refractivity contribution is 1.51. The summed E-state index contributed by atoms with van der Waals surface area (Å²) in [5.41, 5.74) is 11.9. The average molecular weight is 734 g/mol. The molecule has 1 aromatic heterocycles. The number of hydrogen-bond donors (Lipinski definition) is 0. The Bertz CT molecular complexity index is 3610. The fourth-order valence-corrected chi connectivity index (χ4v) is 9.37. The number of fused-ring (bicyclic) bond motifs is 8. The molecule has 12 rings (SSSR count). The van der Waals surface area contributed by atoms with Crippen LogP contribution in [0.15, 0.2) is 212 Å². The minimum Gasteiger partial charge on any atom is -0.247 e. The van der Waals surface area contributed by atoms with E-state index in [4.69, 9.17) is 4.98 Å². The van der Waals surface area contributed by atoms with Crippen molar-refractivity contribution in [2.45, 2.75) is 0 Å². The first kappa shape index (κ1) is 32.6. The van der Waals surface area contributed by atoms with Crippen LogP contribution in [0.4, 0.5) is 0 Å². The molecule has 0 atom stereocenters. The molecule has 1 heterocycles. The fraction of sp³-hybridized carbons (Fsp3) is 0. The molecule has 268 valence electrons. The molecular formula is C57H35N. The Kier molecular flexibility index (Phi) is 7.30. The van der Waals surface area contributed by atoms with Gasteiger partial charge in [0.15, 0.2) is 0 Å². The van der Waals surface area contributed by atoms with Gasteiger partial charge in [-0.15, -0.1) is 0 Å². The third-order valence-electron chi connectivity index (χ3n) is 12.2. The summed E-state index contributed by atoms with van der Waals surface area (Å²) in [4.78, 5) is 5.12. The van der Waals surface area contributed by atoms with Crippen LogP contribution in [0.25, 0.3) is 120 Å². The molecule has 0 aliphatic rings. The molecule has 0 spiro atoms. The lowest BCUT2D eigenvalue weighted by Crippen LogP contribution is -1.92. The van der Waals surface area contributed by atoms with Gasteiger partial charge < -0.3 is 0 Å². The van der Waals surface area contributed by atoms with E-state index in [0.29, 0.717) is 0 Å². The maximum atomic E-state index is 5.12. The normalized spacial score (nSPS) is 11.8. The molecule has 0 aliphatic heterocycles. The summed E-state index contributed by atoms with van der Waals surface area (Å²) in [6, 6.07) is 78.0. The van der Waals surface area contributed by atoms with Crippen molar-refractivity contribution in [2.75, 3.05) is 0 Å². The van der Waals surface area contributed by atoms with E-state index < -0.39 is 0 Å². The van der Waals surface area contributed by atoms with Crippen molar-refractivity contribution in [3.05, 3.63) is 212 Å². The lowest BCUT2D eigenvalue weighted by Gasteiger charge is -2.19. The molecule has 58 heavy (non-hydrogen) atoms. The highest BCUT2D eigenvalue weighted by molar-refractivity contribution is 6.23. The molecule has 0 N–H and O–H groups in total. The zero-order valence-corrected chi connectivity index (χ0v) is 31.7. The molecule has 11 aromatic carbocycles. The van der Waals surface area contributed by atoms with Gasteiger partial charge in [0, 0.05) is 16.2 Å². The minimum atomic E-state index is 1.02. The van der Waals surface area contributed by atoms with Crippen LogP contribution in [0.1, 0.15) is 0 Å². The number of rotatable bonds is 4. The maximum Gasteiger partial charge on any atom is 0.0788 e. The van der Waals surface area contributed by atoms with E-state index in [1.807, 2.05) is 0 Å². The first-order chi connectivity index (χ1) is 28.7. The van der Waals surface area contributed by atoms with Crippen LogP contribution in [-0.2, 0) is 0 Å². The topological polar surface area (TPSA) is 12.9 Å². The first-order valence-electron chi connectivity index (χ1n) is 20.0. The maximum absolute atomic E-state index is 5.12. The van der Waals surface area contributed by atoms with Crippen molar-refractivity contribution in [3.63, 3.8) is 0 Å². The number of hydrogen-bond acceptors (Lipinski definition) is 1. The van der Waals surface area contributed by atoms with E-state index in [-0.39, 0.29) is 0 Å². The Morgan fingerprint density at radius 1 is 0.241 bits per heavy atom. The van der Waals surface area contributed by atoms with Gasteiger partial charge in [0.2, 0.25) is 0 Å². The third kappa shape index (κ3) is 5.21. The number of benzene rings is 11. The highest BCUT2D eigenvalue weighted by Crippen LogP contribution is 2.46. The highest BCUT2D eigenvalue weighted by Gasteiger charge is 2.19. The second kappa shape index (κ2) is 13.0. The van der Waals surface area contributed by atoms with Gasteiger partial charge in [-0.25, -0.2) is 4.98 Å². The third-order valence-corrected chi connectivity index (χ3v) is 12.2. The summed E-state index contributed by atoms with van der Waals surface area (Å²) < 4.78 is 0. The van der Waals surface area contributed by atoms with E-state index in [2.05, 4.69) is 212 Å². The molecule has 0 bridgehead atoms. The van der Waals surface area contributed by atoms with Crippen molar-refractivity contribution in [1.29, 1.82) is 0 Å². The van der Waals surface area contributed by atoms with Gasteiger partial charge in [0.05, 0.1) is 11.0 Å². The van der Waals surface area contributed by atoms with Crippen LogP contribution in [0, 0.1) is 0 Å². The van der Waals surface area contributed by atoms with E-state index in [1.54, 1.807) is 0 Å². The molecule has 0 unspecified atom stereocenters. The van der Waals surface area contributed by atoms with Gasteiger partial charge in [-0.2, -0.15) is 0 Å². The predicted molar refractivity (Wildman–Crippen MR) is 249 cm³/mol. The number of nitrogens with zero attached hydrogens (tertiary/aromatic N) is 1. The minimum absolute atomic E-state index is 1.02. The highest BCUT2D eigenvalue weighted by atomic mass is 14.7. The van der Waals surface area contributed by atoms with Crippen molar-refractivity contribution >= 4 is 75.7 Å². The summed E-state index contributed by atoms with van der Waals surface area (Å²) in [5, 5.41) is 14.7. The van der Waals surface area contributed by atoms with Crippen LogP contribution >= 0.6 is 0 Å². The SMILES string of the molecule is c1ccc2cc(-c3c4ccccc4c(-c4ccc5ccccc5c4)c4cc(-c5ccc(-c6cc7cc8ccccc8nc7c7ccccc67)cc5)ccc34)ccc2c1. The molecule has 1 heteroatoms. The molecule has 0 amide bonds. The second-order valence-corrected chi connectivity index (χ2v) is 15.5. The van der Waals surface area contributed by atoms with E-state index in [9.17, 15) is 0 Å². The van der Waals surface area contributed by atoms with E-state index in [0.717, 1.165) is 21.8 Å². The smallest absolute Gasteiger partial charge is 0.0788 e. The summed E-state index contributed by atoms with van der Waals surface area (Å²) in [5.74, 6) is 0. The predicted octanol–water partition coefficient (Wildman–Crippen LogP) is 15.8. The van der Waals surface area contributed by atoms with E-state index in [1.165, 1.54) is 98.4 Å². The van der Waals surface area contributed by atoms with Gasteiger partial charge in [-0.1, -0.05) is 176 Å². The van der Waals surface area contributed by atoms with Crippen molar-refractivity contribution < 1.29 is 0 Å². The van der Waals surface area contributed by atoms with Gasteiger partial charge in [0.25, 0.3) is 0 Å². The van der Waals surface area contributed by atoms with Crippen LogP contribution in [-0.4, -0.2) is 4.98 Å². The fourth-order valence-electron chi connectivity index (χ4n) is 9.37. The van der Waals surface area contributed by atoms with Crippen molar-refractivity contribution in [2.24, 2.45) is 0 Å². The molecular weight excluding hydrogens is 699 g/mol. The summed E-state index contributed by atoms with van der Waals surface area (Å²) in [7, 11) is 0. The molecule has 0 saturated heterocycles. The van der Waals surface area contributed by atoms with Gasteiger partial charge in [0.1, 0.15) is 0 Å². The largest absolute Gasteiger partial charge is 0.247 e. The quantitative estimate of drug-likeness (QED) is 0.130. The van der Waals surface area contributed by atoms with Crippen LogP contribution < -0.4 is 0 Å². The van der Waals surface area contributed by atoms with E-state index >= 15 is 0 Å². The Morgan fingerprint density at radius 2 is 0.724 bits per heavy atom. The van der Waals surface area contributed by atoms with Crippen LogP contribution in [0.3, 0.4) is 0 Å². The Balaban J connectivity index is 1.06. The van der Waals surface area contributed by atoms with Crippen LogP contribution in [0.2, 0.25) is 0 Å².